The number of amides is 1. The van der Waals surface area contributed by atoms with Crippen molar-refractivity contribution in [3.8, 4) is 11.5 Å². The predicted molar refractivity (Wildman–Crippen MR) is 118 cm³/mol. The van der Waals surface area contributed by atoms with E-state index < -0.39 is 0 Å². The molecule has 2 aromatic heterocycles. The smallest absolute Gasteiger partial charge is 0.272 e. The monoisotopic (exact) mass is 416 g/mol. The van der Waals surface area contributed by atoms with Crippen LogP contribution in [0.1, 0.15) is 16.3 Å². The molecular formula is C24H24N4O3. The van der Waals surface area contributed by atoms with Gasteiger partial charge in [0.25, 0.3) is 5.91 Å². The Morgan fingerprint density at radius 1 is 1.03 bits per heavy atom. The number of para-hydroxylation sites is 2. The Balaban J connectivity index is 1.52. The van der Waals surface area contributed by atoms with Crippen LogP contribution in [-0.2, 0) is 13.1 Å². The van der Waals surface area contributed by atoms with Gasteiger partial charge in [0, 0.05) is 19.3 Å². The second-order valence-corrected chi connectivity index (χ2v) is 7.07. The van der Waals surface area contributed by atoms with Crippen molar-refractivity contribution in [2.45, 2.75) is 13.1 Å². The lowest BCUT2D eigenvalue weighted by atomic mass is 10.3. The molecule has 158 valence electrons. The molecule has 0 saturated heterocycles. The molecule has 0 fully saturated rings. The SMILES string of the molecule is COc1cccc(OCCn2c(CN(C)C(=O)c3ccccn3)nc3ccccc32)c1. The molecule has 7 heteroatoms. The molecule has 4 rings (SSSR count). The van der Waals surface area contributed by atoms with Crippen molar-refractivity contribution in [1.82, 2.24) is 19.4 Å². The zero-order valence-corrected chi connectivity index (χ0v) is 17.6. The molecule has 0 aliphatic rings. The van der Waals surface area contributed by atoms with Crippen molar-refractivity contribution in [2.24, 2.45) is 0 Å². The van der Waals surface area contributed by atoms with E-state index in [0.717, 1.165) is 28.4 Å². The summed E-state index contributed by atoms with van der Waals surface area (Å²) >= 11 is 0. The van der Waals surface area contributed by atoms with Gasteiger partial charge in [0.2, 0.25) is 0 Å². The molecule has 31 heavy (non-hydrogen) atoms. The number of ether oxygens (including phenoxy) is 2. The first-order chi connectivity index (χ1) is 15.2. The summed E-state index contributed by atoms with van der Waals surface area (Å²) in [7, 11) is 3.39. The van der Waals surface area contributed by atoms with Crippen molar-refractivity contribution in [1.29, 1.82) is 0 Å². The van der Waals surface area contributed by atoms with Crippen LogP contribution in [0.2, 0.25) is 0 Å². The molecular weight excluding hydrogens is 392 g/mol. The van der Waals surface area contributed by atoms with E-state index in [2.05, 4.69) is 9.55 Å². The van der Waals surface area contributed by atoms with E-state index in [1.54, 1.807) is 43.5 Å². The van der Waals surface area contributed by atoms with Crippen molar-refractivity contribution >= 4 is 16.9 Å². The molecule has 1 amide bonds. The lowest BCUT2D eigenvalue weighted by molar-refractivity contribution is 0.0774. The van der Waals surface area contributed by atoms with Gasteiger partial charge >= 0.3 is 0 Å². The number of nitrogens with zero attached hydrogens (tertiary/aromatic N) is 4. The Bertz CT molecular complexity index is 1170. The van der Waals surface area contributed by atoms with Crippen LogP contribution < -0.4 is 9.47 Å². The third-order valence-electron chi connectivity index (χ3n) is 4.97. The maximum absolute atomic E-state index is 12.7. The molecule has 0 aliphatic heterocycles. The maximum atomic E-state index is 12.7. The number of hydrogen-bond donors (Lipinski definition) is 0. The topological polar surface area (TPSA) is 69.5 Å². The van der Waals surface area contributed by atoms with Gasteiger partial charge in [0.15, 0.2) is 0 Å². The molecule has 2 heterocycles. The van der Waals surface area contributed by atoms with E-state index in [-0.39, 0.29) is 5.91 Å². The van der Waals surface area contributed by atoms with Crippen molar-refractivity contribution < 1.29 is 14.3 Å². The Kier molecular flexibility index (Phi) is 6.12. The Labute approximate surface area is 180 Å². The molecule has 0 N–H and O–H groups in total. The number of imidazole rings is 1. The molecule has 7 nitrogen and oxygen atoms in total. The molecule has 0 radical (unpaired) electrons. The number of fused-ring (bicyclic) bond motifs is 1. The van der Waals surface area contributed by atoms with Crippen molar-refractivity contribution in [3.05, 3.63) is 84.4 Å². The molecule has 2 aromatic carbocycles. The van der Waals surface area contributed by atoms with Crippen LogP contribution in [0.15, 0.2) is 72.9 Å². The summed E-state index contributed by atoms with van der Waals surface area (Å²) in [6.07, 6.45) is 1.62. The number of rotatable bonds is 8. The summed E-state index contributed by atoms with van der Waals surface area (Å²) in [5, 5.41) is 0. The van der Waals surface area contributed by atoms with E-state index in [1.807, 2.05) is 48.5 Å². The summed E-state index contributed by atoms with van der Waals surface area (Å²) in [4.78, 5) is 23.3. The molecule has 0 saturated carbocycles. The first-order valence-electron chi connectivity index (χ1n) is 10.0. The van der Waals surface area contributed by atoms with Crippen LogP contribution in [0.4, 0.5) is 0 Å². The molecule has 0 spiro atoms. The largest absolute Gasteiger partial charge is 0.497 e. The number of aromatic nitrogens is 3. The Hall–Kier alpha value is -3.87. The fourth-order valence-corrected chi connectivity index (χ4v) is 3.41. The van der Waals surface area contributed by atoms with Gasteiger partial charge in [-0.15, -0.1) is 0 Å². The third-order valence-corrected chi connectivity index (χ3v) is 4.97. The lowest BCUT2D eigenvalue weighted by Crippen LogP contribution is -2.28. The van der Waals surface area contributed by atoms with Gasteiger partial charge in [0.05, 0.1) is 31.2 Å². The minimum absolute atomic E-state index is 0.146. The minimum atomic E-state index is -0.146. The number of methoxy groups -OCH3 is 1. The fraction of sp³-hybridized carbons (Fsp3) is 0.208. The normalized spacial score (nSPS) is 10.8. The summed E-state index contributed by atoms with van der Waals surface area (Å²) < 4.78 is 13.3. The first-order valence-corrected chi connectivity index (χ1v) is 10.0. The van der Waals surface area contributed by atoms with E-state index in [9.17, 15) is 4.79 Å². The second kappa shape index (κ2) is 9.30. The number of pyridine rings is 1. The lowest BCUT2D eigenvalue weighted by Gasteiger charge is -2.18. The van der Waals surface area contributed by atoms with Gasteiger partial charge in [-0.3, -0.25) is 9.78 Å². The summed E-state index contributed by atoms with van der Waals surface area (Å²) in [5.41, 5.74) is 2.30. The quantitative estimate of drug-likeness (QED) is 0.437. The van der Waals surface area contributed by atoms with Crippen LogP contribution in [0, 0.1) is 0 Å². The van der Waals surface area contributed by atoms with Gasteiger partial charge < -0.3 is 18.9 Å². The summed E-state index contributed by atoms with van der Waals surface area (Å²) in [5.74, 6) is 2.14. The van der Waals surface area contributed by atoms with Gasteiger partial charge in [-0.1, -0.05) is 24.3 Å². The van der Waals surface area contributed by atoms with Gasteiger partial charge in [-0.2, -0.15) is 0 Å². The van der Waals surface area contributed by atoms with Crippen LogP contribution >= 0.6 is 0 Å². The number of hydrogen-bond acceptors (Lipinski definition) is 5. The van der Waals surface area contributed by atoms with E-state index in [4.69, 9.17) is 14.5 Å². The van der Waals surface area contributed by atoms with Gasteiger partial charge in [-0.25, -0.2) is 4.98 Å². The molecule has 0 unspecified atom stereocenters. The minimum Gasteiger partial charge on any atom is -0.497 e. The molecule has 0 aliphatic carbocycles. The Morgan fingerprint density at radius 2 is 1.84 bits per heavy atom. The highest BCUT2D eigenvalue weighted by molar-refractivity contribution is 5.92. The standard InChI is InChI=1S/C24H24N4O3/c1-27(24(29)21-11-5-6-13-25-21)17-23-26-20-10-3-4-12-22(20)28(23)14-15-31-19-9-7-8-18(16-19)30-2/h3-13,16H,14-15,17H2,1-2H3. The van der Waals surface area contributed by atoms with Crippen LogP contribution in [0.5, 0.6) is 11.5 Å². The molecule has 0 atom stereocenters. The van der Waals surface area contributed by atoms with Crippen LogP contribution in [0.25, 0.3) is 11.0 Å². The summed E-state index contributed by atoms with van der Waals surface area (Å²) in [6.45, 7) is 1.42. The van der Waals surface area contributed by atoms with Gasteiger partial charge in [0.1, 0.15) is 29.6 Å². The van der Waals surface area contributed by atoms with Crippen LogP contribution in [-0.4, -0.2) is 46.1 Å². The van der Waals surface area contributed by atoms with E-state index in [1.165, 1.54) is 0 Å². The first kappa shape index (κ1) is 20.4. The number of carbonyl (C=O) groups excluding carboxylic acids is 1. The second-order valence-electron chi connectivity index (χ2n) is 7.07. The zero-order chi connectivity index (χ0) is 21.6. The van der Waals surface area contributed by atoms with Crippen LogP contribution in [0.3, 0.4) is 0 Å². The van der Waals surface area contributed by atoms with E-state index >= 15 is 0 Å². The van der Waals surface area contributed by atoms with Crippen molar-refractivity contribution in [3.63, 3.8) is 0 Å². The number of carbonyl (C=O) groups is 1. The van der Waals surface area contributed by atoms with Crippen molar-refractivity contribution in [2.75, 3.05) is 20.8 Å². The highest BCUT2D eigenvalue weighted by atomic mass is 16.5. The zero-order valence-electron chi connectivity index (χ0n) is 17.6. The average molecular weight is 416 g/mol. The number of benzene rings is 2. The van der Waals surface area contributed by atoms with Gasteiger partial charge in [-0.05, 0) is 36.4 Å². The average Bonchev–Trinajstić information content (AvgIpc) is 3.16. The summed E-state index contributed by atoms with van der Waals surface area (Å²) in [6, 6.07) is 20.8. The molecule has 4 aromatic rings. The highest BCUT2D eigenvalue weighted by Crippen LogP contribution is 2.20. The maximum Gasteiger partial charge on any atom is 0.272 e. The third kappa shape index (κ3) is 4.66. The Morgan fingerprint density at radius 3 is 2.65 bits per heavy atom. The fourth-order valence-electron chi connectivity index (χ4n) is 3.41. The molecule has 0 bridgehead atoms. The van der Waals surface area contributed by atoms with E-state index in [0.29, 0.717) is 25.4 Å². The predicted octanol–water partition coefficient (Wildman–Crippen LogP) is 3.79. The highest BCUT2D eigenvalue weighted by Gasteiger charge is 2.17.